The zero-order valence-corrected chi connectivity index (χ0v) is 12.9. The SMILES string of the molecule is Cc1ccc(Cc2ccc(C(=O)NN)n2CC(C)C)cc1. The van der Waals surface area contributed by atoms with Crippen molar-refractivity contribution in [3.63, 3.8) is 0 Å². The van der Waals surface area contributed by atoms with Crippen molar-refractivity contribution in [3.8, 4) is 0 Å². The average Bonchev–Trinajstić information content (AvgIpc) is 2.83. The molecule has 0 unspecified atom stereocenters. The van der Waals surface area contributed by atoms with Crippen LogP contribution < -0.4 is 11.3 Å². The highest BCUT2D eigenvalue weighted by Gasteiger charge is 2.15. The van der Waals surface area contributed by atoms with Crippen LogP contribution in [0.1, 0.15) is 41.2 Å². The Morgan fingerprint density at radius 2 is 1.86 bits per heavy atom. The van der Waals surface area contributed by atoms with Crippen molar-refractivity contribution in [2.75, 3.05) is 0 Å². The number of nitrogen functional groups attached to an aromatic ring is 1. The standard InChI is InChI=1S/C17H23N3O/c1-12(2)11-20-15(8-9-16(20)17(21)19-18)10-14-6-4-13(3)5-7-14/h4-9,12H,10-11,18H2,1-3H3,(H,19,21). The smallest absolute Gasteiger partial charge is 0.281 e. The molecule has 0 spiro atoms. The Kier molecular flexibility index (Phi) is 4.81. The van der Waals surface area contributed by atoms with Gasteiger partial charge in [0.25, 0.3) is 5.91 Å². The van der Waals surface area contributed by atoms with Gasteiger partial charge in [-0.1, -0.05) is 43.7 Å². The van der Waals surface area contributed by atoms with Gasteiger partial charge in [-0.25, -0.2) is 5.84 Å². The molecule has 2 rings (SSSR count). The van der Waals surface area contributed by atoms with Crippen LogP contribution in [0.4, 0.5) is 0 Å². The fourth-order valence-electron chi connectivity index (χ4n) is 2.43. The Hall–Kier alpha value is -2.07. The number of nitrogens with two attached hydrogens (primary N) is 1. The molecule has 1 amide bonds. The van der Waals surface area contributed by atoms with E-state index in [-0.39, 0.29) is 5.91 Å². The van der Waals surface area contributed by atoms with Crippen LogP contribution in [0.25, 0.3) is 0 Å². The number of aryl methyl sites for hydroxylation is 1. The molecule has 0 atom stereocenters. The first-order valence-electron chi connectivity index (χ1n) is 7.26. The lowest BCUT2D eigenvalue weighted by Gasteiger charge is -2.15. The molecule has 0 aliphatic carbocycles. The van der Waals surface area contributed by atoms with Crippen LogP contribution >= 0.6 is 0 Å². The van der Waals surface area contributed by atoms with E-state index < -0.39 is 0 Å². The zero-order chi connectivity index (χ0) is 15.4. The van der Waals surface area contributed by atoms with Gasteiger partial charge in [0.2, 0.25) is 0 Å². The molecular formula is C17H23N3O. The molecule has 1 heterocycles. The van der Waals surface area contributed by atoms with Gasteiger partial charge >= 0.3 is 0 Å². The second kappa shape index (κ2) is 6.59. The number of benzene rings is 1. The van der Waals surface area contributed by atoms with E-state index in [0.29, 0.717) is 11.6 Å². The number of rotatable bonds is 5. The monoisotopic (exact) mass is 285 g/mol. The molecule has 0 bridgehead atoms. The first kappa shape index (κ1) is 15.3. The van der Waals surface area contributed by atoms with Gasteiger partial charge in [0.1, 0.15) is 5.69 Å². The molecule has 4 heteroatoms. The fraction of sp³-hybridized carbons (Fsp3) is 0.353. The second-order valence-corrected chi connectivity index (χ2v) is 5.85. The van der Waals surface area contributed by atoms with Crippen LogP contribution in [0.3, 0.4) is 0 Å². The number of carbonyl (C=O) groups excluding carboxylic acids is 1. The van der Waals surface area contributed by atoms with Crippen molar-refractivity contribution in [1.82, 2.24) is 9.99 Å². The molecule has 2 aromatic rings. The molecule has 21 heavy (non-hydrogen) atoms. The number of amides is 1. The quantitative estimate of drug-likeness (QED) is 0.504. The molecular weight excluding hydrogens is 262 g/mol. The van der Waals surface area contributed by atoms with E-state index in [1.165, 1.54) is 11.1 Å². The fourth-order valence-corrected chi connectivity index (χ4v) is 2.43. The van der Waals surface area contributed by atoms with Crippen LogP contribution in [0.2, 0.25) is 0 Å². The first-order valence-corrected chi connectivity index (χ1v) is 7.26. The Morgan fingerprint density at radius 3 is 2.43 bits per heavy atom. The Bertz CT molecular complexity index is 611. The average molecular weight is 285 g/mol. The van der Waals surface area contributed by atoms with Crippen molar-refractivity contribution >= 4 is 5.91 Å². The Morgan fingerprint density at radius 1 is 1.19 bits per heavy atom. The van der Waals surface area contributed by atoms with Crippen molar-refractivity contribution in [1.29, 1.82) is 0 Å². The number of hydrogen-bond acceptors (Lipinski definition) is 2. The number of carbonyl (C=O) groups is 1. The number of aromatic nitrogens is 1. The first-order chi connectivity index (χ1) is 10.0. The van der Waals surface area contributed by atoms with E-state index in [1.54, 1.807) is 0 Å². The summed E-state index contributed by atoms with van der Waals surface area (Å²) in [5.41, 5.74) is 6.46. The van der Waals surface area contributed by atoms with Crippen molar-refractivity contribution < 1.29 is 4.79 Å². The maximum absolute atomic E-state index is 11.9. The van der Waals surface area contributed by atoms with Crippen molar-refractivity contribution in [2.24, 2.45) is 11.8 Å². The summed E-state index contributed by atoms with van der Waals surface area (Å²) in [4.78, 5) is 11.9. The van der Waals surface area contributed by atoms with Crippen LogP contribution in [-0.4, -0.2) is 10.5 Å². The van der Waals surface area contributed by atoms with Crippen molar-refractivity contribution in [2.45, 2.75) is 33.7 Å². The highest BCUT2D eigenvalue weighted by atomic mass is 16.2. The van der Waals surface area contributed by atoms with E-state index in [1.807, 2.05) is 12.1 Å². The molecule has 0 saturated carbocycles. The predicted octanol–water partition coefficient (Wildman–Crippen LogP) is 2.65. The molecule has 1 aromatic carbocycles. The van der Waals surface area contributed by atoms with E-state index in [2.05, 4.69) is 55.0 Å². The minimum absolute atomic E-state index is 0.245. The summed E-state index contributed by atoms with van der Waals surface area (Å²) in [5.74, 6) is 5.48. The molecule has 4 nitrogen and oxygen atoms in total. The molecule has 0 aliphatic heterocycles. The summed E-state index contributed by atoms with van der Waals surface area (Å²) in [7, 11) is 0. The summed E-state index contributed by atoms with van der Waals surface area (Å²) < 4.78 is 2.06. The maximum atomic E-state index is 11.9. The van der Waals surface area contributed by atoms with E-state index in [4.69, 9.17) is 5.84 Å². The molecule has 1 aromatic heterocycles. The van der Waals surface area contributed by atoms with Gasteiger partial charge in [-0.3, -0.25) is 10.2 Å². The lowest BCUT2D eigenvalue weighted by molar-refractivity contribution is 0.0943. The summed E-state index contributed by atoms with van der Waals surface area (Å²) >= 11 is 0. The predicted molar refractivity (Wildman–Crippen MR) is 84.9 cm³/mol. The summed E-state index contributed by atoms with van der Waals surface area (Å²) in [6.07, 6.45) is 0.810. The Balaban J connectivity index is 2.31. The minimum atomic E-state index is -0.245. The lowest BCUT2D eigenvalue weighted by atomic mass is 10.1. The van der Waals surface area contributed by atoms with Gasteiger partial charge in [0, 0.05) is 18.7 Å². The van der Waals surface area contributed by atoms with Crippen LogP contribution in [0, 0.1) is 12.8 Å². The molecule has 3 N–H and O–H groups in total. The third-order valence-corrected chi connectivity index (χ3v) is 3.49. The molecule has 0 saturated heterocycles. The van der Waals surface area contributed by atoms with E-state index in [9.17, 15) is 4.79 Å². The summed E-state index contributed by atoms with van der Waals surface area (Å²) in [6.45, 7) is 7.16. The highest BCUT2D eigenvalue weighted by Crippen LogP contribution is 2.17. The zero-order valence-electron chi connectivity index (χ0n) is 12.9. The second-order valence-electron chi connectivity index (χ2n) is 5.85. The van der Waals surface area contributed by atoms with Gasteiger partial charge in [-0.15, -0.1) is 0 Å². The van der Waals surface area contributed by atoms with Crippen LogP contribution in [-0.2, 0) is 13.0 Å². The third kappa shape index (κ3) is 3.73. The van der Waals surface area contributed by atoms with Gasteiger partial charge < -0.3 is 4.57 Å². The van der Waals surface area contributed by atoms with Crippen LogP contribution in [0.15, 0.2) is 36.4 Å². The number of nitrogens with zero attached hydrogens (tertiary/aromatic N) is 1. The molecule has 112 valence electrons. The van der Waals surface area contributed by atoms with Gasteiger partial charge in [0.05, 0.1) is 0 Å². The minimum Gasteiger partial charge on any atom is -0.340 e. The van der Waals surface area contributed by atoms with Gasteiger partial charge in [0.15, 0.2) is 0 Å². The number of nitrogens with one attached hydrogen (secondary N) is 1. The highest BCUT2D eigenvalue weighted by molar-refractivity contribution is 5.92. The van der Waals surface area contributed by atoms with E-state index >= 15 is 0 Å². The van der Waals surface area contributed by atoms with Gasteiger partial charge in [-0.05, 0) is 30.5 Å². The Labute approximate surface area is 125 Å². The molecule has 0 radical (unpaired) electrons. The number of hydrazine groups is 1. The van der Waals surface area contributed by atoms with Gasteiger partial charge in [-0.2, -0.15) is 0 Å². The van der Waals surface area contributed by atoms with E-state index in [0.717, 1.165) is 18.7 Å². The largest absolute Gasteiger partial charge is 0.340 e. The third-order valence-electron chi connectivity index (χ3n) is 3.49. The normalized spacial score (nSPS) is 10.9. The molecule has 0 aliphatic rings. The topological polar surface area (TPSA) is 60.1 Å². The summed E-state index contributed by atoms with van der Waals surface area (Å²) in [5, 5.41) is 0. The maximum Gasteiger partial charge on any atom is 0.281 e. The van der Waals surface area contributed by atoms with Crippen LogP contribution in [0.5, 0.6) is 0 Å². The van der Waals surface area contributed by atoms with Crippen molar-refractivity contribution in [3.05, 3.63) is 58.9 Å². The lowest BCUT2D eigenvalue weighted by Crippen LogP contribution is -2.32. The summed E-state index contributed by atoms with van der Waals surface area (Å²) in [6, 6.07) is 12.3. The molecule has 0 fully saturated rings. The number of hydrogen-bond donors (Lipinski definition) is 2.